The topological polar surface area (TPSA) is 116 Å². The zero-order valence-electron chi connectivity index (χ0n) is 6.78. The Labute approximate surface area is 85.7 Å². The maximum absolute atomic E-state index is 9.20. The van der Waals surface area contributed by atoms with Crippen LogP contribution < -0.4 is 5.73 Å². The highest BCUT2D eigenvalue weighted by atomic mass is 79.9. The summed E-state index contributed by atoms with van der Waals surface area (Å²) in [7, 11) is 0. The monoisotopic (exact) mass is 259 g/mol. The Morgan fingerprint density at radius 3 is 2.15 bits per heavy atom. The van der Waals surface area contributed by atoms with Gasteiger partial charge in [0.25, 0.3) is 0 Å². The Bertz CT molecular complexity index is 155. The van der Waals surface area contributed by atoms with E-state index in [1.54, 1.807) is 0 Å². The van der Waals surface area contributed by atoms with Crippen LogP contribution in [-0.2, 0) is 4.74 Å². The first-order valence-electron chi connectivity index (χ1n) is 3.64. The van der Waals surface area contributed by atoms with Crippen LogP contribution in [0, 0.1) is 0 Å². The summed E-state index contributed by atoms with van der Waals surface area (Å²) < 4.78 is 4.70. The minimum absolute atomic E-state index is 0. The molecular weight excluding hydrogens is 246 g/mol. The second kappa shape index (κ2) is 5.20. The van der Waals surface area contributed by atoms with Crippen molar-refractivity contribution in [2.75, 3.05) is 6.61 Å². The van der Waals surface area contributed by atoms with Gasteiger partial charge >= 0.3 is 0 Å². The third-order valence-electron chi connectivity index (χ3n) is 1.95. The first kappa shape index (κ1) is 13.2. The molecule has 0 aromatic carbocycles. The maximum Gasteiger partial charge on any atom is 0.173 e. The molecule has 5 atom stereocenters. The second-order valence-electron chi connectivity index (χ2n) is 2.81. The molecule has 0 aliphatic carbocycles. The fourth-order valence-electron chi connectivity index (χ4n) is 1.12. The predicted octanol–water partition coefficient (Wildman–Crippen LogP) is -2.68. The number of aliphatic hydroxyl groups excluding tert-OH is 4. The van der Waals surface area contributed by atoms with Crippen LogP contribution in [0.25, 0.3) is 0 Å². The molecule has 0 saturated carbocycles. The number of hydrogen-bond acceptors (Lipinski definition) is 6. The zero-order chi connectivity index (χ0) is 9.30. The molecule has 0 spiro atoms. The van der Waals surface area contributed by atoms with Crippen LogP contribution in [0.5, 0.6) is 0 Å². The van der Waals surface area contributed by atoms with E-state index >= 15 is 0 Å². The fourth-order valence-corrected chi connectivity index (χ4v) is 1.12. The maximum atomic E-state index is 9.20. The van der Waals surface area contributed by atoms with Crippen LogP contribution in [0.1, 0.15) is 0 Å². The number of rotatable bonds is 1. The molecule has 1 saturated heterocycles. The zero-order valence-corrected chi connectivity index (χ0v) is 8.49. The standard InChI is InChI=1S/C6H13NO5.BrH/c7-3-5(10)4(9)2(1-8)12-6(3)11;/h2-6,8-11H,1,7H2;1H/t2-,3+,4-,5-,6?;/m0./s1. The summed E-state index contributed by atoms with van der Waals surface area (Å²) >= 11 is 0. The third-order valence-corrected chi connectivity index (χ3v) is 1.95. The van der Waals surface area contributed by atoms with Crippen LogP contribution in [0.4, 0.5) is 0 Å². The van der Waals surface area contributed by atoms with Crippen molar-refractivity contribution in [3.8, 4) is 0 Å². The van der Waals surface area contributed by atoms with Crippen LogP contribution in [0.2, 0.25) is 0 Å². The van der Waals surface area contributed by atoms with Gasteiger partial charge in [0.2, 0.25) is 0 Å². The lowest BCUT2D eigenvalue weighted by Crippen LogP contribution is -2.61. The largest absolute Gasteiger partial charge is 0.394 e. The number of aliphatic hydroxyl groups is 4. The van der Waals surface area contributed by atoms with Gasteiger partial charge in [-0.25, -0.2) is 0 Å². The highest BCUT2D eigenvalue weighted by Crippen LogP contribution is 2.17. The van der Waals surface area contributed by atoms with E-state index in [1.165, 1.54) is 0 Å². The quantitative estimate of drug-likeness (QED) is 0.351. The summed E-state index contributed by atoms with van der Waals surface area (Å²) in [6, 6.07) is -1.04. The molecule has 0 bridgehead atoms. The minimum atomic E-state index is -1.35. The molecular formula is C6H14BrNO5. The molecule has 13 heavy (non-hydrogen) atoms. The van der Waals surface area contributed by atoms with E-state index < -0.39 is 37.3 Å². The van der Waals surface area contributed by atoms with E-state index in [1.807, 2.05) is 0 Å². The van der Waals surface area contributed by atoms with Crippen LogP contribution in [-0.4, -0.2) is 57.7 Å². The van der Waals surface area contributed by atoms with Crippen molar-refractivity contribution in [3.63, 3.8) is 0 Å². The van der Waals surface area contributed by atoms with E-state index in [4.69, 9.17) is 20.7 Å². The Balaban J connectivity index is 0.00000144. The molecule has 0 aromatic rings. The van der Waals surface area contributed by atoms with Crippen molar-refractivity contribution >= 4 is 17.0 Å². The van der Waals surface area contributed by atoms with Crippen molar-refractivity contribution in [1.82, 2.24) is 0 Å². The summed E-state index contributed by atoms with van der Waals surface area (Å²) in [6.07, 6.45) is -4.85. The van der Waals surface area contributed by atoms with Crippen molar-refractivity contribution in [2.24, 2.45) is 5.73 Å². The van der Waals surface area contributed by atoms with Gasteiger partial charge in [-0.3, -0.25) is 0 Å². The molecule has 0 amide bonds. The van der Waals surface area contributed by atoms with Crippen molar-refractivity contribution < 1.29 is 25.2 Å². The number of halogens is 1. The molecule has 1 aliphatic heterocycles. The highest BCUT2D eigenvalue weighted by Gasteiger charge is 2.41. The van der Waals surface area contributed by atoms with Crippen molar-refractivity contribution in [2.45, 2.75) is 30.6 Å². The van der Waals surface area contributed by atoms with Crippen LogP contribution in [0.15, 0.2) is 0 Å². The lowest BCUT2D eigenvalue weighted by molar-refractivity contribution is -0.248. The Morgan fingerprint density at radius 1 is 1.15 bits per heavy atom. The van der Waals surface area contributed by atoms with Gasteiger partial charge < -0.3 is 30.9 Å². The highest BCUT2D eigenvalue weighted by molar-refractivity contribution is 8.93. The lowest BCUT2D eigenvalue weighted by atomic mass is 9.98. The Kier molecular flexibility index (Phi) is 5.30. The van der Waals surface area contributed by atoms with Crippen LogP contribution >= 0.6 is 17.0 Å². The van der Waals surface area contributed by atoms with E-state index in [2.05, 4.69) is 0 Å². The number of nitrogens with two attached hydrogens (primary N) is 1. The molecule has 80 valence electrons. The number of hydrogen-bond donors (Lipinski definition) is 5. The van der Waals surface area contributed by atoms with E-state index in [-0.39, 0.29) is 17.0 Å². The first-order valence-corrected chi connectivity index (χ1v) is 3.64. The molecule has 1 rings (SSSR count). The second-order valence-corrected chi connectivity index (χ2v) is 2.81. The first-order chi connectivity index (χ1) is 5.57. The van der Waals surface area contributed by atoms with Gasteiger partial charge in [-0.05, 0) is 0 Å². The van der Waals surface area contributed by atoms with Gasteiger partial charge in [-0.15, -0.1) is 17.0 Å². The van der Waals surface area contributed by atoms with Gasteiger partial charge in [0.15, 0.2) is 6.29 Å². The fraction of sp³-hybridized carbons (Fsp3) is 1.00. The Morgan fingerprint density at radius 2 is 1.69 bits per heavy atom. The summed E-state index contributed by atoms with van der Waals surface area (Å²) in [6.45, 7) is -0.470. The molecule has 6 N–H and O–H groups in total. The average Bonchev–Trinajstić information content (AvgIpc) is 2.08. The molecule has 0 aromatic heterocycles. The van der Waals surface area contributed by atoms with Crippen LogP contribution in [0.3, 0.4) is 0 Å². The van der Waals surface area contributed by atoms with E-state index in [9.17, 15) is 10.2 Å². The van der Waals surface area contributed by atoms with Gasteiger partial charge in [-0.1, -0.05) is 0 Å². The SMILES string of the molecule is Br.N[C@H]1C(O)O[C@@H](CO)[C@H](O)[C@H]1O. The Hall–Kier alpha value is 0.240. The average molecular weight is 260 g/mol. The number of ether oxygens (including phenoxy) is 1. The molecule has 1 aliphatic rings. The summed E-state index contributed by atoms with van der Waals surface area (Å²) in [5.41, 5.74) is 5.26. The van der Waals surface area contributed by atoms with E-state index in [0.717, 1.165) is 0 Å². The van der Waals surface area contributed by atoms with Gasteiger partial charge in [0.1, 0.15) is 18.3 Å². The van der Waals surface area contributed by atoms with Gasteiger partial charge in [0, 0.05) is 0 Å². The molecule has 0 radical (unpaired) electrons. The summed E-state index contributed by atoms with van der Waals surface area (Å²) in [4.78, 5) is 0. The minimum Gasteiger partial charge on any atom is -0.394 e. The van der Waals surface area contributed by atoms with Crippen molar-refractivity contribution in [3.05, 3.63) is 0 Å². The van der Waals surface area contributed by atoms with Gasteiger partial charge in [-0.2, -0.15) is 0 Å². The predicted molar refractivity (Wildman–Crippen MR) is 48.3 cm³/mol. The van der Waals surface area contributed by atoms with E-state index in [0.29, 0.717) is 0 Å². The molecule has 6 nitrogen and oxygen atoms in total. The molecule has 7 heteroatoms. The summed E-state index contributed by atoms with van der Waals surface area (Å²) in [5, 5.41) is 36.1. The van der Waals surface area contributed by atoms with Crippen molar-refractivity contribution in [1.29, 1.82) is 0 Å². The molecule has 1 heterocycles. The van der Waals surface area contributed by atoms with Gasteiger partial charge in [0.05, 0.1) is 12.6 Å². The normalized spacial score (nSPS) is 45.5. The third kappa shape index (κ3) is 2.59. The molecule has 1 unspecified atom stereocenters. The lowest BCUT2D eigenvalue weighted by Gasteiger charge is -2.38. The summed E-state index contributed by atoms with van der Waals surface area (Å²) in [5.74, 6) is 0. The molecule has 1 fully saturated rings. The smallest absolute Gasteiger partial charge is 0.173 e.